The van der Waals surface area contributed by atoms with Gasteiger partial charge in [0.2, 0.25) is 0 Å². The second kappa shape index (κ2) is 7.75. The molecule has 1 N–H and O–H groups in total. The summed E-state index contributed by atoms with van der Waals surface area (Å²) < 4.78 is 0. The Balaban J connectivity index is 2.15. The van der Waals surface area contributed by atoms with E-state index in [4.69, 9.17) is 15.7 Å². The van der Waals surface area contributed by atoms with Gasteiger partial charge in [-0.1, -0.05) is 31.4 Å². The van der Waals surface area contributed by atoms with Crippen molar-refractivity contribution in [2.45, 2.75) is 66.2 Å². The fourth-order valence-electron chi connectivity index (χ4n) is 3.37. The Hall–Kier alpha value is -1.95. The molecule has 0 saturated heterocycles. The van der Waals surface area contributed by atoms with Crippen molar-refractivity contribution in [2.75, 3.05) is 0 Å². The molecule has 1 saturated carbocycles. The minimum Gasteiger partial charge on any atom is -0.304 e. The van der Waals surface area contributed by atoms with Gasteiger partial charge in [0, 0.05) is 12.1 Å². The third-order valence-corrected chi connectivity index (χ3v) is 5.15. The van der Waals surface area contributed by atoms with E-state index in [-0.39, 0.29) is 0 Å². The monoisotopic (exact) mass is 323 g/mol. The quantitative estimate of drug-likeness (QED) is 0.507. The Bertz CT molecular complexity index is 660. The molecule has 0 spiro atoms. The molecule has 0 unspecified atom stereocenters. The van der Waals surface area contributed by atoms with Gasteiger partial charge in [-0.25, -0.2) is 0 Å². The second-order valence-corrected chi connectivity index (χ2v) is 7.47. The fourth-order valence-corrected chi connectivity index (χ4v) is 3.37. The van der Waals surface area contributed by atoms with E-state index in [1.54, 1.807) is 19.9 Å². The van der Waals surface area contributed by atoms with Crippen LogP contribution in [0.1, 0.15) is 66.2 Å². The van der Waals surface area contributed by atoms with Crippen LogP contribution < -0.4 is 0 Å². The number of nitrogens with one attached hydrogen (secondary N) is 1. The molecule has 0 aromatic carbocycles. The van der Waals surface area contributed by atoms with Crippen LogP contribution in [0, 0.1) is 28.1 Å². The number of aliphatic imine (C=N–C) groups is 1. The molecule has 0 aromatic rings. The normalized spacial score (nSPS) is 20.5. The molecule has 1 aliphatic heterocycles. The summed E-state index contributed by atoms with van der Waals surface area (Å²) in [6.45, 7) is 7.71. The molecule has 1 heterocycles. The van der Waals surface area contributed by atoms with Gasteiger partial charge < -0.3 is 5.41 Å². The highest BCUT2D eigenvalue weighted by molar-refractivity contribution is 5.99. The van der Waals surface area contributed by atoms with Gasteiger partial charge >= 0.3 is 0 Å². The third-order valence-electron chi connectivity index (χ3n) is 5.15. The van der Waals surface area contributed by atoms with Gasteiger partial charge in [0.15, 0.2) is 0 Å². The Morgan fingerprint density at radius 1 is 1.25 bits per heavy atom. The first-order valence-electron chi connectivity index (χ1n) is 9.01. The lowest BCUT2D eigenvalue weighted by molar-refractivity contribution is 0.437. The van der Waals surface area contributed by atoms with Crippen LogP contribution in [-0.4, -0.2) is 11.4 Å². The number of nitriles is 1. The number of nitrogens with zero attached hydrogens (tertiary/aromatic N) is 2. The molecular weight excluding hydrogens is 294 g/mol. The summed E-state index contributed by atoms with van der Waals surface area (Å²) in [5.74, 6) is 0.657. The molecule has 0 amide bonds. The lowest BCUT2D eigenvalue weighted by Gasteiger charge is -2.21. The largest absolute Gasteiger partial charge is 0.304 e. The van der Waals surface area contributed by atoms with Crippen molar-refractivity contribution in [3.63, 3.8) is 0 Å². The van der Waals surface area contributed by atoms with Crippen LogP contribution in [0.5, 0.6) is 0 Å². The predicted octanol–water partition coefficient (Wildman–Crippen LogP) is 5.76. The lowest BCUT2D eigenvalue weighted by atomic mass is 9.84. The molecule has 0 aromatic heterocycles. The summed E-state index contributed by atoms with van der Waals surface area (Å²) in [5, 5.41) is 17.2. The van der Waals surface area contributed by atoms with E-state index < -0.39 is 5.41 Å². The molecule has 0 bridgehead atoms. The van der Waals surface area contributed by atoms with E-state index in [9.17, 15) is 0 Å². The van der Waals surface area contributed by atoms with E-state index >= 15 is 0 Å². The van der Waals surface area contributed by atoms with Crippen LogP contribution in [0.4, 0.5) is 0 Å². The Labute approximate surface area is 146 Å². The molecule has 128 valence electrons. The highest BCUT2D eigenvalue weighted by Crippen LogP contribution is 2.34. The van der Waals surface area contributed by atoms with Gasteiger partial charge in [0.1, 0.15) is 0 Å². The standard InChI is InChI=1S/C21H29N3/c1-5-16(11-12-19(23)21(3,4)14-22)20-15(2)13-18(24-20)17-9-7-6-8-10-17/h5,11-12,17,23H,6-10,13H2,1-4H3/b12-11-,16-5+,23-19?. The minimum atomic E-state index is -0.759. The number of rotatable bonds is 5. The maximum atomic E-state index is 9.15. The smallest absolute Gasteiger partial charge is 0.0930 e. The first kappa shape index (κ1) is 18.4. The summed E-state index contributed by atoms with van der Waals surface area (Å²) in [6, 6.07) is 2.18. The number of hydrogen-bond donors (Lipinski definition) is 1. The lowest BCUT2D eigenvalue weighted by Crippen LogP contribution is -2.18. The zero-order valence-corrected chi connectivity index (χ0v) is 15.4. The summed E-state index contributed by atoms with van der Waals surface area (Å²) in [7, 11) is 0. The summed E-state index contributed by atoms with van der Waals surface area (Å²) in [5.41, 5.74) is 4.36. The SMILES string of the molecule is C/C=C(\C=C/C(=N)C(C)(C)C#N)C1=C(C)CC(C2CCCCC2)=N1. The van der Waals surface area contributed by atoms with E-state index in [1.165, 1.54) is 43.4 Å². The van der Waals surface area contributed by atoms with Crippen LogP contribution in [-0.2, 0) is 0 Å². The van der Waals surface area contributed by atoms with Crippen LogP contribution in [0.25, 0.3) is 0 Å². The first-order valence-corrected chi connectivity index (χ1v) is 9.01. The molecule has 0 atom stereocenters. The molecular formula is C21H29N3. The van der Waals surface area contributed by atoms with Crippen molar-refractivity contribution in [3.8, 4) is 6.07 Å². The van der Waals surface area contributed by atoms with Crippen LogP contribution in [0.15, 0.2) is 40.1 Å². The maximum absolute atomic E-state index is 9.15. The second-order valence-electron chi connectivity index (χ2n) is 7.47. The van der Waals surface area contributed by atoms with Gasteiger partial charge in [-0.2, -0.15) is 5.26 Å². The van der Waals surface area contributed by atoms with Gasteiger partial charge in [0.25, 0.3) is 0 Å². The number of allylic oxidation sites excluding steroid dienone is 4. The van der Waals surface area contributed by atoms with E-state index in [0.29, 0.717) is 11.6 Å². The van der Waals surface area contributed by atoms with Crippen molar-refractivity contribution in [3.05, 3.63) is 35.1 Å². The Morgan fingerprint density at radius 2 is 1.92 bits per heavy atom. The molecule has 1 aliphatic carbocycles. The average molecular weight is 323 g/mol. The van der Waals surface area contributed by atoms with Crippen LogP contribution in [0.3, 0.4) is 0 Å². The van der Waals surface area contributed by atoms with Crippen LogP contribution in [0.2, 0.25) is 0 Å². The molecule has 1 fully saturated rings. The van der Waals surface area contributed by atoms with Gasteiger partial charge in [-0.05, 0) is 63.7 Å². The molecule has 0 radical (unpaired) electrons. The Morgan fingerprint density at radius 3 is 2.50 bits per heavy atom. The fraction of sp³-hybridized carbons (Fsp3) is 0.571. The van der Waals surface area contributed by atoms with Crippen molar-refractivity contribution >= 4 is 11.4 Å². The highest BCUT2D eigenvalue weighted by Gasteiger charge is 2.25. The minimum absolute atomic E-state index is 0.331. The van der Waals surface area contributed by atoms with Crippen molar-refractivity contribution in [1.82, 2.24) is 0 Å². The van der Waals surface area contributed by atoms with Crippen LogP contribution >= 0.6 is 0 Å². The van der Waals surface area contributed by atoms with Crippen molar-refractivity contribution in [2.24, 2.45) is 16.3 Å². The van der Waals surface area contributed by atoms with Crippen molar-refractivity contribution in [1.29, 1.82) is 10.7 Å². The number of hydrogen-bond acceptors (Lipinski definition) is 3. The highest BCUT2D eigenvalue weighted by atomic mass is 14.8. The van der Waals surface area contributed by atoms with Crippen molar-refractivity contribution < 1.29 is 0 Å². The third kappa shape index (κ3) is 4.12. The zero-order chi connectivity index (χ0) is 17.7. The van der Waals surface area contributed by atoms with E-state index in [1.807, 2.05) is 13.0 Å². The maximum Gasteiger partial charge on any atom is 0.0930 e. The molecule has 3 nitrogen and oxygen atoms in total. The molecule has 24 heavy (non-hydrogen) atoms. The van der Waals surface area contributed by atoms with Gasteiger partial charge in [0.05, 0.1) is 22.9 Å². The zero-order valence-electron chi connectivity index (χ0n) is 15.4. The van der Waals surface area contributed by atoms with Gasteiger partial charge in [-0.15, -0.1) is 0 Å². The predicted molar refractivity (Wildman–Crippen MR) is 101 cm³/mol. The summed E-state index contributed by atoms with van der Waals surface area (Å²) >= 11 is 0. The van der Waals surface area contributed by atoms with Gasteiger partial charge in [-0.3, -0.25) is 4.99 Å². The molecule has 3 heteroatoms. The molecule has 2 rings (SSSR count). The summed E-state index contributed by atoms with van der Waals surface area (Å²) in [6.07, 6.45) is 13.3. The summed E-state index contributed by atoms with van der Waals surface area (Å²) in [4.78, 5) is 4.97. The van der Waals surface area contributed by atoms with E-state index in [0.717, 1.165) is 17.7 Å². The van der Waals surface area contributed by atoms with E-state index in [2.05, 4.69) is 19.1 Å². The molecule has 2 aliphatic rings. The topological polar surface area (TPSA) is 60.0 Å². The average Bonchev–Trinajstić information content (AvgIpc) is 2.98. The Kier molecular flexibility index (Phi) is 5.94. The first-order chi connectivity index (χ1) is 11.4.